The van der Waals surface area contributed by atoms with Gasteiger partial charge in [-0.15, -0.1) is 0 Å². The van der Waals surface area contributed by atoms with Crippen LogP contribution in [0.5, 0.6) is 0 Å². The van der Waals surface area contributed by atoms with Gasteiger partial charge < -0.3 is 42.1 Å². The molecule has 0 rings (SSSR count). The van der Waals surface area contributed by atoms with Crippen LogP contribution in [0.25, 0.3) is 0 Å². The number of hydrogen-bond acceptors (Lipinski definition) is 8. The summed E-state index contributed by atoms with van der Waals surface area (Å²) >= 11 is 0. The van der Waals surface area contributed by atoms with E-state index in [2.05, 4.69) is 5.32 Å². The van der Waals surface area contributed by atoms with Gasteiger partial charge >= 0.3 is 17.9 Å². The highest BCUT2D eigenvalue weighted by molar-refractivity contribution is 5.93. The fraction of sp³-hybridized carbons (Fsp3) is 0.571. The van der Waals surface area contributed by atoms with Crippen LogP contribution in [0.1, 0.15) is 19.3 Å². The predicted molar refractivity (Wildman–Crippen MR) is 88.7 cm³/mol. The summed E-state index contributed by atoms with van der Waals surface area (Å²) in [5, 5.41) is 41.0. The molecule has 0 fully saturated rings. The number of amides is 3. The molecule has 0 aromatic heterocycles. The number of carbonyl (C=O) groups excluding carboxylic acids is 3. The van der Waals surface area contributed by atoms with Crippen molar-refractivity contribution in [2.75, 3.05) is 13.2 Å². The predicted octanol–water partition coefficient (Wildman–Crippen LogP) is -4.18. The summed E-state index contributed by atoms with van der Waals surface area (Å²) in [5.41, 5.74) is 5.30. The van der Waals surface area contributed by atoms with Crippen LogP contribution in [-0.4, -0.2) is 87.3 Å². The number of carboxylic acids is 3. The van der Waals surface area contributed by atoms with Gasteiger partial charge in [0.25, 0.3) is 0 Å². The minimum atomic E-state index is -1.66. The third-order valence-electron chi connectivity index (χ3n) is 3.25. The van der Waals surface area contributed by atoms with E-state index >= 15 is 0 Å². The normalized spacial score (nSPS) is 13.5. The quantitative estimate of drug-likeness (QED) is 0.146. The fourth-order valence-electron chi connectivity index (χ4n) is 1.82. The lowest BCUT2D eigenvalue weighted by Crippen LogP contribution is -2.54. The SMILES string of the molecule is N[C@@H](CC(=O)O)C(=O)NCC(=O)N[C@@H](CCC(=O)O)C(=O)N[C@@H](CO)C(=O)O. The van der Waals surface area contributed by atoms with Crippen molar-refractivity contribution in [2.24, 2.45) is 5.73 Å². The Morgan fingerprint density at radius 1 is 0.857 bits per heavy atom. The summed E-state index contributed by atoms with van der Waals surface area (Å²) in [4.78, 5) is 67.5. The van der Waals surface area contributed by atoms with Crippen molar-refractivity contribution in [1.29, 1.82) is 0 Å². The first-order valence-electron chi connectivity index (χ1n) is 7.88. The number of nitrogens with one attached hydrogen (secondary N) is 3. The molecule has 0 bridgehead atoms. The number of aliphatic hydroxyl groups excluding tert-OH is 1. The van der Waals surface area contributed by atoms with Gasteiger partial charge in [-0.1, -0.05) is 0 Å². The molecule has 0 aromatic rings. The van der Waals surface area contributed by atoms with Crippen molar-refractivity contribution in [3.63, 3.8) is 0 Å². The highest BCUT2D eigenvalue weighted by atomic mass is 16.4. The van der Waals surface area contributed by atoms with Gasteiger partial charge in [0.1, 0.15) is 12.1 Å². The van der Waals surface area contributed by atoms with E-state index in [0.717, 1.165) is 0 Å². The smallest absolute Gasteiger partial charge is 0.328 e. The highest BCUT2D eigenvalue weighted by Crippen LogP contribution is 2.00. The Morgan fingerprint density at radius 2 is 1.46 bits per heavy atom. The molecule has 9 N–H and O–H groups in total. The van der Waals surface area contributed by atoms with Crippen molar-refractivity contribution >= 4 is 35.6 Å². The number of aliphatic carboxylic acids is 3. The maximum atomic E-state index is 12.1. The van der Waals surface area contributed by atoms with Crippen LogP contribution in [0.15, 0.2) is 0 Å². The van der Waals surface area contributed by atoms with Gasteiger partial charge in [-0.25, -0.2) is 4.79 Å². The number of hydrogen-bond donors (Lipinski definition) is 8. The number of carboxylic acid groups (broad SMARTS) is 3. The Hall–Kier alpha value is -3.26. The zero-order chi connectivity index (χ0) is 21.9. The highest BCUT2D eigenvalue weighted by Gasteiger charge is 2.27. The van der Waals surface area contributed by atoms with Crippen LogP contribution >= 0.6 is 0 Å². The molecule has 0 aromatic carbocycles. The fourth-order valence-corrected chi connectivity index (χ4v) is 1.82. The maximum absolute atomic E-state index is 12.1. The molecule has 0 aliphatic rings. The van der Waals surface area contributed by atoms with E-state index in [0.29, 0.717) is 0 Å². The second-order valence-electron chi connectivity index (χ2n) is 5.56. The van der Waals surface area contributed by atoms with E-state index in [9.17, 15) is 28.8 Å². The summed E-state index contributed by atoms with van der Waals surface area (Å²) in [6.45, 7) is -1.62. The van der Waals surface area contributed by atoms with E-state index in [1.54, 1.807) is 0 Å². The Kier molecular flexibility index (Phi) is 10.8. The van der Waals surface area contributed by atoms with Crippen LogP contribution in [-0.2, 0) is 28.8 Å². The van der Waals surface area contributed by atoms with Crippen molar-refractivity contribution in [2.45, 2.75) is 37.4 Å². The first-order valence-corrected chi connectivity index (χ1v) is 7.88. The Labute approximate surface area is 158 Å². The van der Waals surface area contributed by atoms with Crippen LogP contribution in [0.4, 0.5) is 0 Å². The van der Waals surface area contributed by atoms with Gasteiger partial charge in [-0.05, 0) is 6.42 Å². The Morgan fingerprint density at radius 3 is 1.93 bits per heavy atom. The summed E-state index contributed by atoms with van der Waals surface area (Å²) in [5.74, 6) is -7.07. The molecule has 0 radical (unpaired) electrons. The summed E-state index contributed by atoms with van der Waals surface area (Å²) in [7, 11) is 0. The first kappa shape index (κ1) is 24.7. The minimum Gasteiger partial charge on any atom is -0.481 e. The minimum absolute atomic E-state index is 0.392. The molecule has 3 amide bonds. The molecule has 3 atom stereocenters. The third-order valence-corrected chi connectivity index (χ3v) is 3.25. The van der Waals surface area contributed by atoms with Crippen LogP contribution < -0.4 is 21.7 Å². The Bertz CT molecular complexity index is 623. The molecule has 158 valence electrons. The van der Waals surface area contributed by atoms with E-state index < -0.39 is 86.2 Å². The van der Waals surface area contributed by atoms with Gasteiger partial charge in [0, 0.05) is 6.42 Å². The van der Waals surface area contributed by atoms with E-state index in [1.165, 1.54) is 0 Å². The average Bonchev–Trinajstić information content (AvgIpc) is 2.59. The summed E-state index contributed by atoms with van der Waals surface area (Å²) in [6, 6.07) is -4.52. The number of carbonyl (C=O) groups is 6. The molecule has 0 aliphatic heterocycles. The largest absolute Gasteiger partial charge is 0.481 e. The molecule has 14 nitrogen and oxygen atoms in total. The van der Waals surface area contributed by atoms with Crippen LogP contribution in [0.3, 0.4) is 0 Å². The van der Waals surface area contributed by atoms with Crippen molar-refractivity contribution < 1.29 is 49.2 Å². The zero-order valence-corrected chi connectivity index (χ0v) is 14.6. The first-order chi connectivity index (χ1) is 13.0. The third kappa shape index (κ3) is 10.0. The maximum Gasteiger partial charge on any atom is 0.328 e. The molecule has 0 saturated heterocycles. The Balaban J connectivity index is 4.84. The monoisotopic (exact) mass is 406 g/mol. The standard InChI is InChI=1S/C14H22N4O10/c15-6(3-11(23)24)12(25)16-4-9(20)17-7(1-2-10(21)22)13(26)18-8(5-19)14(27)28/h6-8,19H,1-5,15H2,(H,16,25)(H,17,20)(H,18,26)(H,21,22)(H,23,24)(H,27,28)/t6-,7-,8-/m0/s1. The summed E-state index contributed by atoms with van der Waals surface area (Å²) < 4.78 is 0. The van der Waals surface area contributed by atoms with E-state index in [1.807, 2.05) is 10.6 Å². The van der Waals surface area contributed by atoms with Crippen LogP contribution in [0, 0.1) is 0 Å². The molecule has 28 heavy (non-hydrogen) atoms. The number of nitrogens with two attached hydrogens (primary N) is 1. The summed E-state index contributed by atoms with van der Waals surface area (Å²) in [6.07, 6.45) is -1.60. The molecule has 0 unspecified atom stereocenters. The molecular formula is C14H22N4O10. The topological polar surface area (TPSA) is 245 Å². The molecular weight excluding hydrogens is 384 g/mol. The van der Waals surface area contributed by atoms with Crippen molar-refractivity contribution in [1.82, 2.24) is 16.0 Å². The van der Waals surface area contributed by atoms with Gasteiger partial charge in [0.2, 0.25) is 17.7 Å². The van der Waals surface area contributed by atoms with Gasteiger partial charge in [-0.2, -0.15) is 0 Å². The van der Waals surface area contributed by atoms with Crippen molar-refractivity contribution in [3.8, 4) is 0 Å². The van der Waals surface area contributed by atoms with Gasteiger partial charge in [0.05, 0.1) is 25.6 Å². The molecule has 0 aliphatic carbocycles. The molecule has 0 spiro atoms. The molecule has 14 heteroatoms. The van der Waals surface area contributed by atoms with Gasteiger partial charge in [-0.3, -0.25) is 24.0 Å². The van der Waals surface area contributed by atoms with Crippen LogP contribution in [0.2, 0.25) is 0 Å². The van der Waals surface area contributed by atoms with E-state index in [-0.39, 0.29) is 0 Å². The zero-order valence-electron chi connectivity index (χ0n) is 14.6. The second-order valence-corrected chi connectivity index (χ2v) is 5.56. The lowest BCUT2D eigenvalue weighted by Gasteiger charge is -2.20. The van der Waals surface area contributed by atoms with E-state index in [4.69, 9.17) is 26.2 Å². The number of aliphatic hydroxyl groups is 1. The molecule has 0 heterocycles. The number of rotatable bonds is 13. The lowest BCUT2D eigenvalue weighted by atomic mass is 10.1. The second kappa shape index (κ2) is 12.2. The molecule has 0 saturated carbocycles. The van der Waals surface area contributed by atoms with Gasteiger partial charge in [0.15, 0.2) is 0 Å². The average molecular weight is 406 g/mol. The van der Waals surface area contributed by atoms with Crippen molar-refractivity contribution in [3.05, 3.63) is 0 Å². The lowest BCUT2D eigenvalue weighted by molar-refractivity contribution is -0.144.